The Balaban J connectivity index is 1.30. The molecule has 1 aliphatic rings. The normalized spacial score (nSPS) is 13.8. The number of rotatable bonds is 5. The van der Waals surface area contributed by atoms with Crippen molar-refractivity contribution in [2.24, 2.45) is 0 Å². The number of piperazine rings is 1. The van der Waals surface area contributed by atoms with E-state index in [0.717, 1.165) is 16.8 Å². The SMILES string of the molecule is Cc1ccc(OCC(=O)N2CCN(c3nc(N)nc4ccc(-c5ccccc5)nc34)CC2)cc1. The number of pyridine rings is 1. The van der Waals surface area contributed by atoms with E-state index in [9.17, 15) is 4.79 Å². The molecule has 172 valence electrons. The fourth-order valence-electron chi connectivity index (χ4n) is 4.05. The summed E-state index contributed by atoms with van der Waals surface area (Å²) < 4.78 is 5.66. The number of hydrogen-bond donors (Lipinski definition) is 1. The molecular formula is C26H26N6O2. The van der Waals surface area contributed by atoms with Crippen molar-refractivity contribution >= 4 is 28.7 Å². The number of fused-ring (bicyclic) bond motifs is 1. The lowest BCUT2D eigenvalue weighted by Gasteiger charge is -2.35. The highest BCUT2D eigenvalue weighted by molar-refractivity contribution is 5.89. The Bertz CT molecular complexity index is 1300. The first kappa shape index (κ1) is 21.6. The second kappa shape index (κ2) is 9.35. The molecule has 5 rings (SSSR count). The van der Waals surface area contributed by atoms with Gasteiger partial charge in [-0.1, -0.05) is 48.0 Å². The summed E-state index contributed by atoms with van der Waals surface area (Å²) in [5.41, 5.74) is 10.4. The minimum absolute atomic E-state index is 0.0223. The first-order valence-corrected chi connectivity index (χ1v) is 11.3. The Morgan fingerprint density at radius 1 is 0.912 bits per heavy atom. The summed E-state index contributed by atoms with van der Waals surface area (Å²) in [4.78, 5) is 30.4. The molecular weight excluding hydrogens is 428 g/mol. The number of aromatic nitrogens is 3. The summed E-state index contributed by atoms with van der Waals surface area (Å²) in [5.74, 6) is 1.57. The molecule has 0 unspecified atom stereocenters. The molecule has 0 aliphatic carbocycles. The van der Waals surface area contributed by atoms with E-state index >= 15 is 0 Å². The third-order valence-corrected chi connectivity index (χ3v) is 5.93. The lowest BCUT2D eigenvalue weighted by Crippen LogP contribution is -2.50. The van der Waals surface area contributed by atoms with E-state index in [4.69, 9.17) is 15.5 Å². The van der Waals surface area contributed by atoms with Crippen molar-refractivity contribution in [3.05, 3.63) is 72.3 Å². The van der Waals surface area contributed by atoms with Gasteiger partial charge in [-0.25, -0.2) is 9.97 Å². The highest BCUT2D eigenvalue weighted by Gasteiger charge is 2.24. The third kappa shape index (κ3) is 4.61. The van der Waals surface area contributed by atoms with Crippen LogP contribution in [0.3, 0.4) is 0 Å². The predicted molar refractivity (Wildman–Crippen MR) is 133 cm³/mol. The zero-order valence-corrected chi connectivity index (χ0v) is 19.0. The van der Waals surface area contributed by atoms with Gasteiger partial charge in [-0.2, -0.15) is 4.98 Å². The van der Waals surface area contributed by atoms with Crippen LogP contribution in [0.2, 0.25) is 0 Å². The lowest BCUT2D eigenvalue weighted by atomic mass is 10.1. The van der Waals surface area contributed by atoms with Crippen LogP contribution in [-0.4, -0.2) is 58.5 Å². The van der Waals surface area contributed by atoms with Gasteiger partial charge in [-0.3, -0.25) is 4.79 Å². The molecule has 8 heteroatoms. The summed E-state index contributed by atoms with van der Waals surface area (Å²) in [6.07, 6.45) is 0. The van der Waals surface area contributed by atoms with Crippen LogP contribution in [0.1, 0.15) is 5.56 Å². The zero-order valence-electron chi connectivity index (χ0n) is 19.0. The summed E-state index contributed by atoms with van der Waals surface area (Å²) in [6.45, 7) is 4.42. The van der Waals surface area contributed by atoms with Crippen molar-refractivity contribution in [1.29, 1.82) is 0 Å². The standard InChI is InChI=1S/C26H26N6O2/c1-18-7-9-20(10-8-18)34-17-23(33)31-13-15-32(16-14-31)25-24-22(29-26(27)30-25)12-11-21(28-24)19-5-3-2-4-6-19/h2-12H,13-17H2,1H3,(H2,27,29,30). The number of nitrogens with two attached hydrogens (primary N) is 1. The molecule has 1 amide bonds. The summed E-state index contributed by atoms with van der Waals surface area (Å²) >= 11 is 0. The first-order chi connectivity index (χ1) is 16.6. The maximum atomic E-state index is 12.7. The second-order valence-electron chi connectivity index (χ2n) is 8.31. The van der Waals surface area contributed by atoms with Gasteiger partial charge >= 0.3 is 0 Å². The molecule has 0 spiro atoms. The topological polar surface area (TPSA) is 97.5 Å². The highest BCUT2D eigenvalue weighted by Crippen LogP contribution is 2.27. The van der Waals surface area contributed by atoms with E-state index in [-0.39, 0.29) is 18.5 Å². The Kier molecular flexibility index (Phi) is 5.95. The van der Waals surface area contributed by atoms with Gasteiger partial charge in [-0.05, 0) is 31.2 Å². The number of carbonyl (C=O) groups is 1. The van der Waals surface area contributed by atoms with Gasteiger partial charge in [0.1, 0.15) is 11.3 Å². The number of amides is 1. The van der Waals surface area contributed by atoms with Gasteiger partial charge in [0.25, 0.3) is 5.91 Å². The maximum absolute atomic E-state index is 12.7. The van der Waals surface area contributed by atoms with E-state index in [2.05, 4.69) is 14.9 Å². The van der Waals surface area contributed by atoms with E-state index < -0.39 is 0 Å². The van der Waals surface area contributed by atoms with Crippen molar-refractivity contribution in [2.75, 3.05) is 43.4 Å². The monoisotopic (exact) mass is 454 g/mol. The number of nitrogens with zero attached hydrogens (tertiary/aromatic N) is 5. The zero-order chi connectivity index (χ0) is 23.5. The van der Waals surface area contributed by atoms with Gasteiger partial charge in [0, 0.05) is 31.7 Å². The van der Waals surface area contributed by atoms with Crippen molar-refractivity contribution in [3.8, 4) is 17.0 Å². The second-order valence-corrected chi connectivity index (χ2v) is 8.31. The minimum Gasteiger partial charge on any atom is -0.484 e. The Hall–Kier alpha value is -4.20. The van der Waals surface area contributed by atoms with Crippen LogP contribution in [0.15, 0.2) is 66.7 Å². The molecule has 0 atom stereocenters. The lowest BCUT2D eigenvalue weighted by molar-refractivity contribution is -0.133. The number of carbonyl (C=O) groups excluding carboxylic acids is 1. The Labute approximate surface area is 198 Å². The van der Waals surface area contributed by atoms with Crippen LogP contribution in [0.5, 0.6) is 5.75 Å². The van der Waals surface area contributed by atoms with E-state index in [0.29, 0.717) is 48.8 Å². The summed E-state index contributed by atoms with van der Waals surface area (Å²) in [7, 11) is 0. The highest BCUT2D eigenvalue weighted by atomic mass is 16.5. The number of aryl methyl sites for hydroxylation is 1. The van der Waals surface area contributed by atoms with Crippen LogP contribution in [0, 0.1) is 6.92 Å². The average molecular weight is 455 g/mol. The quantitative estimate of drug-likeness (QED) is 0.494. The largest absolute Gasteiger partial charge is 0.484 e. The number of nitrogen functional groups attached to an aromatic ring is 1. The van der Waals surface area contributed by atoms with Crippen LogP contribution >= 0.6 is 0 Å². The maximum Gasteiger partial charge on any atom is 0.260 e. The number of ether oxygens (including phenoxy) is 1. The fourth-order valence-corrected chi connectivity index (χ4v) is 4.05. The molecule has 2 aromatic heterocycles. The van der Waals surface area contributed by atoms with Gasteiger partial charge in [-0.15, -0.1) is 0 Å². The third-order valence-electron chi connectivity index (χ3n) is 5.93. The molecule has 2 N–H and O–H groups in total. The van der Waals surface area contributed by atoms with Gasteiger partial charge in [0.05, 0.1) is 11.2 Å². The molecule has 8 nitrogen and oxygen atoms in total. The van der Waals surface area contributed by atoms with Crippen LogP contribution in [-0.2, 0) is 4.79 Å². The molecule has 34 heavy (non-hydrogen) atoms. The average Bonchev–Trinajstić information content (AvgIpc) is 2.88. The van der Waals surface area contributed by atoms with Crippen LogP contribution in [0.25, 0.3) is 22.3 Å². The number of benzene rings is 2. The van der Waals surface area contributed by atoms with Gasteiger partial charge in [0.15, 0.2) is 12.4 Å². The Morgan fingerprint density at radius 2 is 1.65 bits per heavy atom. The van der Waals surface area contributed by atoms with Crippen LogP contribution in [0.4, 0.5) is 11.8 Å². The molecule has 1 aliphatic heterocycles. The smallest absolute Gasteiger partial charge is 0.260 e. The summed E-state index contributed by atoms with van der Waals surface area (Å²) in [6, 6.07) is 21.6. The molecule has 3 heterocycles. The van der Waals surface area contributed by atoms with Gasteiger partial charge < -0.3 is 20.3 Å². The fraction of sp³-hybridized carbons (Fsp3) is 0.231. The number of anilines is 2. The van der Waals surface area contributed by atoms with Crippen molar-refractivity contribution in [2.45, 2.75) is 6.92 Å². The molecule has 0 saturated carbocycles. The molecule has 1 saturated heterocycles. The van der Waals surface area contributed by atoms with Crippen LogP contribution < -0.4 is 15.4 Å². The number of hydrogen-bond acceptors (Lipinski definition) is 7. The molecule has 2 aromatic carbocycles. The van der Waals surface area contributed by atoms with Crippen molar-refractivity contribution < 1.29 is 9.53 Å². The first-order valence-electron chi connectivity index (χ1n) is 11.3. The molecule has 0 radical (unpaired) electrons. The minimum atomic E-state index is -0.0308. The molecule has 4 aromatic rings. The van der Waals surface area contributed by atoms with E-state index in [1.54, 1.807) is 0 Å². The summed E-state index contributed by atoms with van der Waals surface area (Å²) in [5, 5.41) is 0. The van der Waals surface area contributed by atoms with Crippen molar-refractivity contribution in [3.63, 3.8) is 0 Å². The van der Waals surface area contributed by atoms with Gasteiger partial charge in [0.2, 0.25) is 5.95 Å². The molecule has 1 fully saturated rings. The van der Waals surface area contributed by atoms with E-state index in [1.165, 1.54) is 0 Å². The van der Waals surface area contributed by atoms with E-state index in [1.807, 2.05) is 78.6 Å². The predicted octanol–water partition coefficient (Wildman–Crippen LogP) is 3.31. The molecule has 0 bridgehead atoms. The Morgan fingerprint density at radius 3 is 2.38 bits per heavy atom. The van der Waals surface area contributed by atoms with Crippen molar-refractivity contribution in [1.82, 2.24) is 19.9 Å².